The highest BCUT2D eigenvalue weighted by molar-refractivity contribution is 7.92. The predicted molar refractivity (Wildman–Crippen MR) is 178 cm³/mol. The lowest BCUT2D eigenvalue weighted by Gasteiger charge is -2.43. The molecule has 14 heteroatoms. The number of carbonyl (C=O) groups is 1. The van der Waals surface area contributed by atoms with Crippen molar-refractivity contribution in [1.29, 1.82) is 0 Å². The molecule has 2 aliphatic carbocycles. The van der Waals surface area contributed by atoms with E-state index in [9.17, 15) is 26.4 Å². The minimum absolute atomic E-state index is 0.0170. The van der Waals surface area contributed by atoms with Crippen LogP contribution in [0.15, 0.2) is 53.4 Å². The van der Waals surface area contributed by atoms with Gasteiger partial charge < -0.3 is 19.7 Å². The van der Waals surface area contributed by atoms with Crippen LogP contribution >= 0.6 is 0 Å². The van der Waals surface area contributed by atoms with Crippen molar-refractivity contribution in [1.82, 2.24) is 20.2 Å². The number of halogens is 3. The fourth-order valence-corrected chi connectivity index (χ4v) is 8.18. The molecule has 2 fully saturated rings. The predicted octanol–water partition coefficient (Wildman–Crippen LogP) is 6.04. The summed E-state index contributed by atoms with van der Waals surface area (Å²) in [5.41, 5.74) is 1.03. The molecule has 4 bridgehead atoms. The van der Waals surface area contributed by atoms with Crippen LogP contribution in [-0.2, 0) is 14.8 Å². The highest BCUT2D eigenvalue weighted by Crippen LogP contribution is 2.61. The van der Waals surface area contributed by atoms with Gasteiger partial charge in [0.15, 0.2) is 0 Å². The third-order valence-corrected chi connectivity index (χ3v) is 11.3. The van der Waals surface area contributed by atoms with Crippen LogP contribution in [0.5, 0.6) is 5.88 Å². The highest BCUT2D eigenvalue weighted by Gasteiger charge is 2.64. The average Bonchev–Trinajstić information content (AvgIpc) is 3.85. The molecule has 0 radical (unpaired) electrons. The molecule has 10 nitrogen and oxygen atoms in total. The molecule has 49 heavy (non-hydrogen) atoms. The largest absolute Gasteiger partial charge is 0.475 e. The molecule has 264 valence electrons. The Hall–Kier alpha value is -3.75. The van der Waals surface area contributed by atoms with E-state index in [0.29, 0.717) is 44.5 Å². The lowest BCUT2D eigenvalue weighted by atomic mass is 9.87. The molecule has 2 aromatic carbocycles. The molecule has 0 spiro atoms. The highest BCUT2D eigenvalue weighted by atomic mass is 32.2. The Balaban J connectivity index is 1.44. The number of methoxy groups -OCH3 is 1. The minimum atomic E-state index is -4.46. The fourth-order valence-electron chi connectivity index (χ4n) is 7.19. The third kappa shape index (κ3) is 7.56. The number of hydrogen-bond donors (Lipinski definition) is 2. The van der Waals surface area contributed by atoms with Crippen molar-refractivity contribution in [2.45, 2.75) is 88.0 Å². The number of nitrogens with one attached hydrogen (secondary N) is 2. The van der Waals surface area contributed by atoms with Crippen LogP contribution in [0, 0.1) is 19.3 Å². The number of rotatable bonds is 8. The van der Waals surface area contributed by atoms with E-state index in [0.717, 1.165) is 16.7 Å². The average molecular weight is 702 g/mol. The second kappa shape index (κ2) is 13.9. The van der Waals surface area contributed by atoms with Crippen molar-refractivity contribution in [3.63, 3.8) is 0 Å². The van der Waals surface area contributed by atoms with E-state index in [-0.39, 0.29) is 60.2 Å². The number of anilines is 1. The SMILES string of the molecule is COCCN[C@H]1CC[C@H](N2C(=O)c3cccc(c3)S(=O)(=O)Nc3nc(cc(-c4c(C)cccc4C)n3)OC[C@H]2CC2(C(F)(F)F)CC2)CC1. The Morgan fingerprint density at radius 1 is 1.04 bits per heavy atom. The van der Waals surface area contributed by atoms with E-state index in [4.69, 9.17) is 9.47 Å². The third-order valence-electron chi connectivity index (χ3n) is 10.0. The number of alkyl halides is 3. The first-order valence-corrected chi connectivity index (χ1v) is 18.1. The number of amides is 1. The van der Waals surface area contributed by atoms with Gasteiger partial charge in [-0.1, -0.05) is 24.3 Å². The van der Waals surface area contributed by atoms with E-state index in [1.54, 1.807) is 18.1 Å². The maximum atomic E-state index is 14.5. The van der Waals surface area contributed by atoms with Crippen molar-refractivity contribution in [2.24, 2.45) is 5.41 Å². The molecule has 0 unspecified atom stereocenters. The summed E-state index contributed by atoms with van der Waals surface area (Å²) in [6.07, 6.45) is -2.33. The second-order valence-electron chi connectivity index (χ2n) is 13.4. The van der Waals surface area contributed by atoms with Gasteiger partial charge in [-0.15, -0.1) is 0 Å². The number of fused-ring (bicyclic) bond motifs is 4. The van der Waals surface area contributed by atoms with E-state index in [1.807, 2.05) is 32.0 Å². The Bertz CT molecular complexity index is 1770. The Morgan fingerprint density at radius 3 is 2.39 bits per heavy atom. The topological polar surface area (TPSA) is 123 Å². The number of ether oxygens (including phenoxy) is 2. The molecule has 2 heterocycles. The number of aryl methyl sites for hydroxylation is 2. The molecule has 1 amide bonds. The van der Waals surface area contributed by atoms with E-state index in [2.05, 4.69) is 20.0 Å². The fraction of sp³-hybridized carbons (Fsp3) is 0.514. The van der Waals surface area contributed by atoms with Crippen molar-refractivity contribution < 1.29 is 35.9 Å². The lowest BCUT2D eigenvalue weighted by Crippen LogP contribution is -2.53. The van der Waals surface area contributed by atoms with Crippen LogP contribution in [0.2, 0.25) is 0 Å². The molecule has 0 saturated heterocycles. The molecule has 1 aliphatic heterocycles. The lowest BCUT2D eigenvalue weighted by molar-refractivity contribution is -0.193. The number of carbonyl (C=O) groups excluding carboxylic acids is 1. The van der Waals surface area contributed by atoms with Crippen molar-refractivity contribution in [3.8, 4) is 17.1 Å². The first kappa shape index (κ1) is 35.1. The molecule has 1 aromatic heterocycles. The summed E-state index contributed by atoms with van der Waals surface area (Å²) in [5.74, 6) is -0.808. The molecule has 2 N–H and O–H groups in total. The zero-order valence-electron chi connectivity index (χ0n) is 27.8. The van der Waals surface area contributed by atoms with Gasteiger partial charge >= 0.3 is 6.18 Å². The van der Waals surface area contributed by atoms with Crippen molar-refractivity contribution >= 4 is 21.9 Å². The normalized spacial score (nSPS) is 23.3. The van der Waals surface area contributed by atoms with Gasteiger partial charge in [0.05, 0.1) is 28.7 Å². The van der Waals surface area contributed by atoms with Gasteiger partial charge in [0.25, 0.3) is 15.9 Å². The molecule has 3 aliphatic rings. The van der Waals surface area contributed by atoms with Crippen LogP contribution in [0.1, 0.15) is 66.4 Å². The van der Waals surface area contributed by atoms with E-state index >= 15 is 0 Å². The van der Waals surface area contributed by atoms with Crippen LogP contribution in [0.4, 0.5) is 19.1 Å². The maximum absolute atomic E-state index is 14.5. The summed E-state index contributed by atoms with van der Waals surface area (Å²) in [6, 6.07) is 11.6. The summed E-state index contributed by atoms with van der Waals surface area (Å²) in [7, 11) is -2.66. The monoisotopic (exact) mass is 701 g/mol. The van der Waals surface area contributed by atoms with Crippen molar-refractivity contribution in [2.75, 3.05) is 31.6 Å². The number of hydrogen-bond acceptors (Lipinski definition) is 8. The zero-order chi connectivity index (χ0) is 35.0. The summed E-state index contributed by atoms with van der Waals surface area (Å²) in [5, 5.41) is 3.45. The van der Waals surface area contributed by atoms with Crippen LogP contribution < -0.4 is 14.8 Å². The van der Waals surface area contributed by atoms with E-state index in [1.165, 1.54) is 24.3 Å². The van der Waals surface area contributed by atoms with E-state index < -0.39 is 33.6 Å². The van der Waals surface area contributed by atoms with Crippen LogP contribution in [0.25, 0.3) is 11.3 Å². The second-order valence-corrected chi connectivity index (χ2v) is 15.1. The van der Waals surface area contributed by atoms with Gasteiger partial charge in [-0.3, -0.25) is 4.79 Å². The number of benzene rings is 2. The number of nitrogens with zero attached hydrogens (tertiary/aromatic N) is 3. The molecule has 6 rings (SSSR count). The molecule has 3 aromatic rings. The maximum Gasteiger partial charge on any atom is 0.394 e. The Labute approximate surface area is 284 Å². The van der Waals surface area contributed by atoms with Gasteiger partial charge in [0.1, 0.15) is 6.61 Å². The summed E-state index contributed by atoms with van der Waals surface area (Å²) in [4.78, 5) is 24.7. The molecular formula is C35H42F3N5O5S. The summed E-state index contributed by atoms with van der Waals surface area (Å²) < 4.78 is 84.6. The number of aromatic nitrogens is 2. The van der Waals surface area contributed by atoms with Gasteiger partial charge in [-0.25, -0.2) is 18.1 Å². The van der Waals surface area contributed by atoms with Gasteiger partial charge in [0, 0.05) is 42.9 Å². The molecular weight excluding hydrogens is 659 g/mol. The zero-order valence-corrected chi connectivity index (χ0v) is 28.7. The van der Waals surface area contributed by atoms with Gasteiger partial charge in [0.2, 0.25) is 11.8 Å². The van der Waals surface area contributed by atoms with Crippen LogP contribution in [0.3, 0.4) is 0 Å². The Morgan fingerprint density at radius 2 is 1.73 bits per heavy atom. The quantitative estimate of drug-likeness (QED) is 0.273. The minimum Gasteiger partial charge on any atom is -0.475 e. The van der Waals surface area contributed by atoms with Crippen molar-refractivity contribution in [3.05, 3.63) is 65.2 Å². The Kier molecular flexibility index (Phi) is 9.93. The summed E-state index contributed by atoms with van der Waals surface area (Å²) >= 11 is 0. The first-order chi connectivity index (χ1) is 23.3. The smallest absolute Gasteiger partial charge is 0.394 e. The standard InChI is InChI=1S/C35H42F3N5O5S/c1-22-6-4-7-23(2)31(22)29-19-30-41-33(40-29)42-49(45,46)28-9-5-8-24(18-28)32(44)43(26-12-10-25(11-13-26)39-16-17-47-3)27(21-48-30)20-34(14-15-34)35(36,37)38/h4-9,18-19,25-27,39H,10-17,20-21H2,1-3H3,(H,40,41,42)/t25-,26-,27-/m1/s1. The summed E-state index contributed by atoms with van der Waals surface area (Å²) in [6.45, 7) is 4.74. The molecule has 2 saturated carbocycles. The van der Waals surface area contributed by atoms with Gasteiger partial charge in [-0.05, 0) is 88.1 Å². The molecule has 1 atom stereocenters. The first-order valence-electron chi connectivity index (χ1n) is 16.6. The van der Waals surface area contributed by atoms with Crippen LogP contribution in [-0.4, -0.2) is 80.4 Å². The number of sulfonamides is 1. The van der Waals surface area contributed by atoms with Gasteiger partial charge in [-0.2, -0.15) is 18.2 Å².